The topological polar surface area (TPSA) is 78.7 Å². The Balaban J connectivity index is 3.20. The highest BCUT2D eigenvalue weighted by Crippen LogP contribution is 2.03. The van der Waals surface area contributed by atoms with Crippen LogP contribution in [-0.4, -0.2) is 24.3 Å². The molecule has 0 aliphatic rings. The zero-order valence-corrected chi connectivity index (χ0v) is 11.5. The molecule has 0 atom stereocenters. The molecular weight excluding hydrogens is 250 g/mol. The fourth-order valence-corrected chi connectivity index (χ4v) is 1.49. The summed E-state index contributed by atoms with van der Waals surface area (Å²) in [6.45, 7) is 2.52. The van der Waals surface area contributed by atoms with Crippen LogP contribution in [-0.2, 0) is 14.4 Å². The molecule has 0 aliphatic carbocycles. The van der Waals surface area contributed by atoms with E-state index < -0.39 is 5.09 Å². The maximum Gasteiger partial charge on any atom is 0.305 e. The molecule has 0 aromatic rings. The van der Waals surface area contributed by atoms with Crippen LogP contribution in [0.25, 0.3) is 0 Å². The molecule has 6 heteroatoms. The van der Waals surface area contributed by atoms with Gasteiger partial charge in [0.1, 0.15) is 0 Å². The van der Waals surface area contributed by atoms with Crippen LogP contribution in [0.15, 0.2) is 12.2 Å². The molecule has 0 aromatic carbocycles. The fourth-order valence-electron chi connectivity index (χ4n) is 1.49. The van der Waals surface area contributed by atoms with Crippen molar-refractivity contribution in [2.75, 3.05) is 13.2 Å². The van der Waals surface area contributed by atoms with E-state index >= 15 is 0 Å². The first-order valence-electron chi connectivity index (χ1n) is 6.71. The lowest BCUT2D eigenvalue weighted by Crippen LogP contribution is -2.06. The normalized spacial score (nSPS) is 10.6. The first kappa shape index (κ1) is 17.4. The Kier molecular flexibility index (Phi) is 11.8. The number of esters is 1. The van der Waals surface area contributed by atoms with Gasteiger partial charge in [-0.2, -0.15) is 0 Å². The molecule has 0 bridgehead atoms. The van der Waals surface area contributed by atoms with E-state index in [2.05, 4.69) is 4.84 Å². The number of rotatable bonds is 12. The Bertz CT molecular complexity index is 278. The van der Waals surface area contributed by atoms with E-state index in [1.54, 1.807) is 0 Å². The lowest BCUT2D eigenvalue weighted by atomic mass is 10.2. The predicted molar refractivity (Wildman–Crippen MR) is 71.0 cm³/mol. The van der Waals surface area contributed by atoms with Gasteiger partial charge in [0.15, 0.2) is 0 Å². The minimum atomic E-state index is -0.782. The Hall–Kier alpha value is -1.59. The van der Waals surface area contributed by atoms with Gasteiger partial charge in [-0.1, -0.05) is 18.6 Å². The molecule has 0 aromatic heterocycles. The van der Waals surface area contributed by atoms with Gasteiger partial charge in [0, 0.05) is 6.42 Å². The molecule has 0 spiro atoms. The van der Waals surface area contributed by atoms with Crippen molar-refractivity contribution in [3.8, 4) is 0 Å². The van der Waals surface area contributed by atoms with Crippen LogP contribution in [0.3, 0.4) is 0 Å². The summed E-state index contributed by atoms with van der Waals surface area (Å²) in [5.41, 5.74) is 0. The largest absolute Gasteiger partial charge is 0.466 e. The number of allylic oxidation sites excluding steroid dienone is 2. The van der Waals surface area contributed by atoms with Gasteiger partial charge in [-0.15, -0.1) is 10.1 Å². The van der Waals surface area contributed by atoms with Gasteiger partial charge in [-0.25, -0.2) is 0 Å². The Labute approximate surface area is 113 Å². The standard InChI is InChI=1S/C13H23NO5/c1-2-3-4-7-10-13(15)18-11-8-5-6-9-12-19-14(16)17/h2-3H,4-12H2,1H3/b3-2-. The minimum Gasteiger partial charge on any atom is -0.466 e. The smallest absolute Gasteiger partial charge is 0.305 e. The third-order valence-corrected chi connectivity index (χ3v) is 2.49. The third-order valence-electron chi connectivity index (χ3n) is 2.49. The van der Waals surface area contributed by atoms with Crippen LogP contribution in [0.1, 0.15) is 51.9 Å². The summed E-state index contributed by atoms with van der Waals surface area (Å²) < 4.78 is 5.06. The van der Waals surface area contributed by atoms with Crippen molar-refractivity contribution < 1.29 is 19.5 Å². The van der Waals surface area contributed by atoms with E-state index in [0.29, 0.717) is 19.4 Å². The molecule has 110 valence electrons. The molecule has 0 heterocycles. The second-order valence-corrected chi connectivity index (χ2v) is 4.15. The highest BCUT2D eigenvalue weighted by atomic mass is 16.9. The maximum atomic E-state index is 11.3. The highest BCUT2D eigenvalue weighted by Gasteiger charge is 2.01. The molecule has 0 fully saturated rings. The SMILES string of the molecule is C/C=C\CCCC(=O)OCCCCCCO[N+](=O)[O-]. The number of carbonyl (C=O) groups excluding carboxylic acids is 1. The summed E-state index contributed by atoms with van der Waals surface area (Å²) in [5, 5.41) is 9.08. The Morgan fingerprint density at radius 2 is 1.84 bits per heavy atom. The van der Waals surface area contributed by atoms with Crippen LogP contribution in [0.5, 0.6) is 0 Å². The molecule has 0 unspecified atom stereocenters. The Morgan fingerprint density at radius 1 is 1.16 bits per heavy atom. The molecule has 19 heavy (non-hydrogen) atoms. The first-order chi connectivity index (χ1) is 9.16. The zero-order valence-electron chi connectivity index (χ0n) is 11.5. The van der Waals surface area contributed by atoms with Gasteiger partial charge >= 0.3 is 5.97 Å². The monoisotopic (exact) mass is 273 g/mol. The van der Waals surface area contributed by atoms with Gasteiger partial charge in [0.2, 0.25) is 0 Å². The summed E-state index contributed by atoms with van der Waals surface area (Å²) >= 11 is 0. The van der Waals surface area contributed by atoms with Gasteiger partial charge in [-0.3, -0.25) is 4.79 Å². The molecule has 0 N–H and O–H groups in total. The summed E-state index contributed by atoms with van der Waals surface area (Å²) in [4.78, 5) is 25.3. The summed E-state index contributed by atoms with van der Waals surface area (Å²) in [6, 6.07) is 0. The van der Waals surface area contributed by atoms with Crippen LogP contribution in [0.2, 0.25) is 0 Å². The third kappa shape index (κ3) is 14.3. The van der Waals surface area contributed by atoms with Crippen LogP contribution < -0.4 is 0 Å². The van der Waals surface area contributed by atoms with Crippen molar-refractivity contribution in [1.82, 2.24) is 0 Å². The molecule has 0 rings (SSSR count). The van der Waals surface area contributed by atoms with Gasteiger partial charge < -0.3 is 9.57 Å². The Morgan fingerprint density at radius 3 is 2.47 bits per heavy atom. The molecule has 6 nitrogen and oxygen atoms in total. The number of carbonyl (C=O) groups is 1. The van der Waals surface area contributed by atoms with E-state index in [1.807, 2.05) is 19.1 Å². The van der Waals surface area contributed by atoms with Gasteiger partial charge in [0.05, 0.1) is 13.2 Å². The van der Waals surface area contributed by atoms with Crippen molar-refractivity contribution in [1.29, 1.82) is 0 Å². The molecule has 0 aliphatic heterocycles. The predicted octanol–water partition coefficient (Wildman–Crippen LogP) is 3.04. The van der Waals surface area contributed by atoms with Crippen molar-refractivity contribution >= 4 is 5.97 Å². The minimum absolute atomic E-state index is 0.137. The molecule has 0 amide bonds. The highest BCUT2D eigenvalue weighted by molar-refractivity contribution is 5.69. The van der Waals surface area contributed by atoms with E-state index in [1.165, 1.54) is 0 Å². The van der Waals surface area contributed by atoms with Crippen LogP contribution in [0, 0.1) is 10.1 Å². The van der Waals surface area contributed by atoms with Crippen molar-refractivity contribution in [2.24, 2.45) is 0 Å². The zero-order chi connectivity index (χ0) is 14.3. The van der Waals surface area contributed by atoms with E-state index in [4.69, 9.17) is 4.74 Å². The summed E-state index contributed by atoms with van der Waals surface area (Å²) in [5.74, 6) is -0.152. The van der Waals surface area contributed by atoms with Crippen molar-refractivity contribution in [2.45, 2.75) is 51.9 Å². The van der Waals surface area contributed by atoms with Crippen molar-refractivity contribution in [3.05, 3.63) is 22.3 Å². The van der Waals surface area contributed by atoms with E-state index in [-0.39, 0.29) is 12.6 Å². The molecule has 0 radical (unpaired) electrons. The summed E-state index contributed by atoms with van der Waals surface area (Å²) in [6.07, 6.45) is 9.34. The number of nitrogens with zero attached hydrogens (tertiary/aromatic N) is 1. The molecular formula is C13H23NO5. The van der Waals surface area contributed by atoms with Crippen LogP contribution in [0.4, 0.5) is 0 Å². The van der Waals surface area contributed by atoms with Gasteiger partial charge in [-0.05, 0) is 39.0 Å². The fraction of sp³-hybridized carbons (Fsp3) is 0.769. The molecule has 0 saturated carbocycles. The summed E-state index contributed by atoms with van der Waals surface area (Å²) in [7, 11) is 0. The number of ether oxygens (including phenoxy) is 1. The first-order valence-corrected chi connectivity index (χ1v) is 6.71. The second-order valence-electron chi connectivity index (χ2n) is 4.15. The number of unbranched alkanes of at least 4 members (excludes halogenated alkanes) is 4. The van der Waals surface area contributed by atoms with Crippen LogP contribution >= 0.6 is 0 Å². The van der Waals surface area contributed by atoms with Gasteiger partial charge in [0.25, 0.3) is 5.09 Å². The maximum absolute atomic E-state index is 11.3. The lowest BCUT2D eigenvalue weighted by Gasteiger charge is -2.04. The van der Waals surface area contributed by atoms with Crippen molar-refractivity contribution in [3.63, 3.8) is 0 Å². The quantitative estimate of drug-likeness (QED) is 0.179. The average Bonchev–Trinajstić information content (AvgIpc) is 2.37. The second kappa shape index (κ2) is 12.9. The van der Waals surface area contributed by atoms with E-state index in [9.17, 15) is 14.9 Å². The average molecular weight is 273 g/mol. The lowest BCUT2D eigenvalue weighted by molar-refractivity contribution is -0.757. The number of hydrogen-bond donors (Lipinski definition) is 0. The molecule has 0 saturated heterocycles. The van der Waals surface area contributed by atoms with E-state index in [0.717, 1.165) is 32.1 Å². The number of hydrogen-bond acceptors (Lipinski definition) is 5.